The van der Waals surface area contributed by atoms with E-state index in [1.54, 1.807) is 47.4 Å². The molecule has 0 spiro atoms. The molecule has 4 rings (SSSR count). The summed E-state index contributed by atoms with van der Waals surface area (Å²) >= 11 is 1.56. The Balaban J connectivity index is 1.59. The standard InChI is InChI=1S/C23H24FN3O3S/c1-2-30-22(29)23(13-16-6-3-4-7-18(16)24)9-5-10-27(15-23)21(28)20-12-19(25-26-20)17-8-11-31-14-17/h3-4,6-8,11-12,14H,2,5,9-10,13,15H2,1H3,(H,25,26)/t23-/m1/s1. The van der Waals surface area contributed by atoms with Crippen LogP contribution in [0.25, 0.3) is 11.3 Å². The highest BCUT2D eigenvalue weighted by atomic mass is 32.1. The van der Waals surface area contributed by atoms with Crippen molar-refractivity contribution in [3.05, 3.63) is 64.2 Å². The summed E-state index contributed by atoms with van der Waals surface area (Å²) < 4.78 is 19.7. The molecule has 3 heterocycles. The number of aromatic amines is 1. The minimum atomic E-state index is -0.984. The van der Waals surface area contributed by atoms with Gasteiger partial charge in [0, 0.05) is 24.0 Å². The van der Waals surface area contributed by atoms with Gasteiger partial charge in [0.05, 0.1) is 17.7 Å². The number of benzene rings is 1. The van der Waals surface area contributed by atoms with Crippen molar-refractivity contribution >= 4 is 23.2 Å². The maximum Gasteiger partial charge on any atom is 0.314 e. The van der Waals surface area contributed by atoms with E-state index in [9.17, 15) is 14.0 Å². The maximum atomic E-state index is 14.4. The van der Waals surface area contributed by atoms with Crippen LogP contribution in [-0.4, -0.2) is 46.7 Å². The van der Waals surface area contributed by atoms with Gasteiger partial charge in [-0.05, 0) is 55.3 Å². The lowest BCUT2D eigenvalue weighted by atomic mass is 9.75. The predicted molar refractivity (Wildman–Crippen MR) is 116 cm³/mol. The highest BCUT2D eigenvalue weighted by Crippen LogP contribution is 2.36. The molecule has 1 aromatic carbocycles. The number of nitrogens with one attached hydrogen (secondary N) is 1. The van der Waals surface area contributed by atoms with Crippen LogP contribution in [0.5, 0.6) is 0 Å². The number of carbonyl (C=O) groups is 2. The zero-order valence-corrected chi connectivity index (χ0v) is 18.1. The van der Waals surface area contributed by atoms with E-state index in [1.165, 1.54) is 6.07 Å². The molecule has 0 aliphatic carbocycles. The fraction of sp³-hybridized carbons (Fsp3) is 0.348. The van der Waals surface area contributed by atoms with Crippen LogP contribution < -0.4 is 0 Å². The lowest BCUT2D eigenvalue weighted by Gasteiger charge is -2.41. The van der Waals surface area contributed by atoms with Gasteiger partial charge in [-0.15, -0.1) is 0 Å². The van der Waals surface area contributed by atoms with E-state index in [0.717, 1.165) is 5.56 Å². The second kappa shape index (κ2) is 9.01. The van der Waals surface area contributed by atoms with E-state index >= 15 is 0 Å². The van der Waals surface area contributed by atoms with Gasteiger partial charge < -0.3 is 9.64 Å². The number of hydrogen-bond acceptors (Lipinski definition) is 5. The van der Waals surface area contributed by atoms with E-state index in [4.69, 9.17) is 4.74 Å². The van der Waals surface area contributed by atoms with E-state index in [2.05, 4.69) is 10.2 Å². The zero-order chi connectivity index (χ0) is 21.8. The minimum absolute atomic E-state index is 0.172. The smallest absolute Gasteiger partial charge is 0.314 e. The van der Waals surface area contributed by atoms with Crippen LogP contribution in [0, 0.1) is 11.2 Å². The molecule has 1 amide bonds. The Morgan fingerprint density at radius 1 is 1.32 bits per heavy atom. The summed E-state index contributed by atoms with van der Waals surface area (Å²) in [6.07, 6.45) is 1.35. The average molecular weight is 442 g/mol. The molecule has 8 heteroatoms. The molecular formula is C23H24FN3O3S. The van der Waals surface area contributed by atoms with Gasteiger partial charge in [-0.1, -0.05) is 18.2 Å². The Hall–Kier alpha value is -3.00. The van der Waals surface area contributed by atoms with Gasteiger partial charge in [-0.2, -0.15) is 16.4 Å². The molecule has 162 valence electrons. The Kier molecular flexibility index (Phi) is 6.18. The first-order valence-corrected chi connectivity index (χ1v) is 11.2. The van der Waals surface area contributed by atoms with Gasteiger partial charge in [0.1, 0.15) is 11.5 Å². The second-order valence-electron chi connectivity index (χ2n) is 7.78. The van der Waals surface area contributed by atoms with Gasteiger partial charge in [0.25, 0.3) is 5.91 Å². The summed E-state index contributed by atoms with van der Waals surface area (Å²) in [7, 11) is 0. The van der Waals surface area contributed by atoms with Gasteiger partial charge >= 0.3 is 5.97 Å². The molecule has 1 aliphatic heterocycles. The molecule has 2 aromatic heterocycles. The van der Waals surface area contributed by atoms with Crippen molar-refractivity contribution in [3.8, 4) is 11.3 Å². The van der Waals surface area contributed by atoms with Crippen LogP contribution in [0.3, 0.4) is 0 Å². The molecule has 0 saturated carbocycles. The molecule has 0 bridgehead atoms. The van der Waals surface area contributed by atoms with Crippen LogP contribution in [0.15, 0.2) is 47.2 Å². The van der Waals surface area contributed by atoms with Crippen molar-refractivity contribution in [1.29, 1.82) is 0 Å². The third kappa shape index (κ3) is 4.39. The number of thiophene rings is 1. The molecule has 1 aliphatic rings. The number of H-pyrrole nitrogens is 1. The number of ether oxygens (including phenoxy) is 1. The molecule has 1 atom stereocenters. The van der Waals surface area contributed by atoms with Crippen LogP contribution in [0.2, 0.25) is 0 Å². The SMILES string of the molecule is CCOC(=O)[C@@]1(Cc2ccccc2F)CCCN(C(=O)c2cc(-c3ccsc3)n[nH]2)C1. The summed E-state index contributed by atoms with van der Waals surface area (Å²) in [6.45, 7) is 2.67. The van der Waals surface area contributed by atoms with Crippen molar-refractivity contribution in [2.24, 2.45) is 5.41 Å². The lowest BCUT2D eigenvalue weighted by molar-refractivity contribution is -0.158. The molecule has 3 aromatic rings. The molecule has 1 N–H and O–H groups in total. The van der Waals surface area contributed by atoms with Gasteiger partial charge in [-0.25, -0.2) is 4.39 Å². The summed E-state index contributed by atoms with van der Waals surface area (Å²) in [5.74, 6) is -0.973. The normalized spacial score (nSPS) is 18.7. The lowest BCUT2D eigenvalue weighted by Crippen LogP contribution is -2.51. The van der Waals surface area contributed by atoms with Crippen LogP contribution >= 0.6 is 11.3 Å². The Morgan fingerprint density at radius 2 is 2.16 bits per heavy atom. The van der Waals surface area contributed by atoms with Crippen LogP contribution in [0.1, 0.15) is 35.8 Å². The fourth-order valence-electron chi connectivity index (χ4n) is 4.14. The van der Waals surface area contributed by atoms with E-state index in [1.807, 2.05) is 16.8 Å². The van der Waals surface area contributed by atoms with Gasteiger partial charge in [0.15, 0.2) is 0 Å². The number of hydrogen-bond donors (Lipinski definition) is 1. The Labute approximate surface area is 184 Å². The number of piperidine rings is 1. The summed E-state index contributed by atoms with van der Waals surface area (Å²) in [5, 5.41) is 11.0. The Bertz CT molecular complexity index is 1070. The first kappa shape index (κ1) is 21.2. The summed E-state index contributed by atoms with van der Waals surface area (Å²) in [4.78, 5) is 27.8. The van der Waals surface area contributed by atoms with E-state index in [0.29, 0.717) is 36.3 Å². The zero-order valence-electron chi connectivity index (χ0n) is 17.3. The van der Waals surface area contributed by atoms with Crippen LogP contribution in [0.4, 0.5) is 4.39 Å². The number of halogens is 1. The number of esters is 1. The highest BCUT2D eigenvalue weighted by Gasteiger charge is 2.45. The van der Waals surface area contributed by atoms with E-state index in [-0.39, 0.29) is 37.3 Å². The maximum absolute atomic E-state index is 14.4. The largest absolute Gasteiger partial charge is 0.466 e. The Morgan fingerprint density at radius 3 is 2.90 bits per heavy atom. The third-order valence-corrected chi connectivity index (χ3v) is 6.37. The van der Waals surface area contributed by atoms with Crippen molar-refractivity contribution in [2.45, 2.75) is 26.2 Å². The van der Waals surface area contributed by atoms with E-state index < -0.39 is 5.41 Å². The van der Waals surface area contributed by atoms with Crippen LogP contribution in [-0.2, 0) is 16.0 Å². The molecule has 0 radical (unpaired) electrons. The van der Waals surface area contributed by atoms with Crippen molar-refractivity contribution in [2.75, 3.05) is 19.7 Å². The van der Waals surface area contributed by atoms with Crippen molar-refractivity contribution < 1.29 is 18.7 Å². The third-order valence-electron chi connectivity index (χ3n) is 5.68. The summed E-state index contributed by atoms with van der Waals surface area (Å²) in [5.41, 5.74) is 1.48. The van der Waals surface area contributed by atoms with Gasteiger partial charge in [0.2, 0.25) is 0 Å². The number of rotatable bonds is 6. The topological polar surface area (TPSA) is 75.3 Å². The predicted octanol–water partition coefficient (Wildman–Crippen LogP) is 4.31. The first-order valence-electron chi connectivity index (χ1n) is 10.3. The number of nitrogens with zero attached hydrogens (tertiary/aromatic N) is 2. The minimum Gasteiger partial charge on any atom is -0.466 e. The quantitative estimate of drug-likeness (QED) is 0.579. The number of amides is 1. The molecule has 31 heavy (non-hydrogen) atoms. The molecular weight excluding hydrogens is 417 g/mol. The number of aromatic nitrogens is 2. The average Bonchev–Trinajstić information content (AvgIpc) is 3.47. The van der Waals surface area contributed by atoms with Gasteiger partial charge in [-0.3, -0.25) is 14.7 Å². The first-order chi connectivity index (χ1) is 15.0. The summed E-state index contributed by atoms with van der Waals surface area (Å²) in [6, 6.07) is 10.1. The molecule has 1 saturated heterocycles. The molecule has 0 unspecified atom stereocenters. The fourth-order valence-corrected chi connectivity index (χ4v) is 4.79. The molecule has 1 fully saturated rings. The van der Waals surface area contributed by atoms with Crippen molar-refractivity contribution in [1.82, 2.24) is 15.1 Å². The number of carbonyl (C=O) groups excluding carboxylic acids is 2. The monoisotopic (exact) mass is 441 g/mol. The molecule has 6 nitrogen and oxygen atoms in total. The van der Waals surface area contributed by atoms with Crippen molar-refractivity contribution in [3.63, 3.8) is 0 Å². The number of likely N-dealkylation sites (tertiary alicyclic amines) is 1. The highest BCUT2D eigenvalue weighted by molar-refractivity contribution is 7.08. The second-order valence-corrected chi connectivity index (χ2v) is 8.56.